The number of hydrogen-bond donors (Lipinski definition) is 2. The van der Waals surface area contributed by atoms with Crippen LogP contribution in [0.25, 0.3) is 11.4 Å². The molecule has 5 nitrogen and oxygen atoms in total. The first kappa shape index (κ1) is 9.76. The fourth-order valence-electron chi connectivity index (χ4n) is 1.19. The van der Waals surface area contributed by atoms with Crippen LogP contribution in [0.5, 0.6) is 0 Å². The fraction of sp³-hybridized carbons (Fsp3) is 0. The molecule has 0 atom stereocenters. The van der Waals surface area contributed by atoms with E-state index < -0.39 is 7.12 Å². The van der Waals surface area contributed by atoms with Crippen LogP contribution in [0.15, 0.2) is 36.9 Å². The molecule has 2 rings (SSSR count). The number of aromatic nitrogens is 3. The first-order valence-corrected chi connectivity index (χ1v) is 4.36. The lowest BCUT2D eigenvalue weighted by Crippen LogP contribution is -2.29. The zero-order chi connectivity index (χ0) is 10.7. The van der Waals surface area contributed by atoms with Crippen LogP contribution in [0.2, 0.25) is 0 Å². The summed E-state index contributed by atoms with van der Waals surface area (Å²) in [4.78, 5) is 11.7. The van der Waals surface area contributed by atoms with Crippen molar-refractivity contribution < 1.29 is 10.0 Å². The minimum absolute atomic E-state index is 0.438. The molecule has 1 aromatic carbocycles. The van der Waals surface area contributed by atoms with E-state index in [2.05, 4.69) is 15.0 Å². The van der Waals surface area contributed by atoms with Gasteiger partial charge in [0.15, 0.2) is 5.82 Å². The predicted molar refractivity (Wildman–Crippen MR) is 55.1 cm³/mol. The highest BCUT2D eigenvalue weighted by atomic mass is 16.4. The van der Waals surface area contributed by atoms with Gasteiger partial charge in [-0.25, -0.2) is 15.0 Å². The summed E-state index contributed by atoms with van der Waals surface area (Å²) in [5.74, 6) is 0.559. The maximum atomic E-state index is 8.90. The predicted octanol–water partition coefficient (Wildman–Crippen LogP) is -0.782. The Hall–Kier alpha value is -1.79. The van der Waals surface area contributed by atoms with Crippen LogP contribution in [0.1, 0.15) is 0 Å². The number of nitrogens with zero attached hydrogens (tertiary/aromatic N) is 3. The second kappa shape index (κ2) is 4.16. The van der Waals surface area contributed by atoms with Gasteiger partial charge in [-0.1, -0.05) is 24.3 Å². The zero-order valence-corrected chi connectivity index (χ0v) is 7.78. The van der Waals surface area contributed by atoms with Crippen LogP contribution in [-0.4, -0.2) is 32.1 Å². The Balaban J connectivity index is 2.32. The van der Waals surface area contributed by atoms with Crippen LogP contribution in [0.4, 0.5) is 0 Å². The fourth-order valence-corrected chi connectivity index (χ4v) is 1.19. The number of rotatable bonds is 2. The van der Waals surface area contributed by atoms with E-state index in [4.69, 9.17) is 10.0 Å². The third-order valence-electron chi connectivity index (χ3n) is 1.96. The van der Waals surface area contributed by atoms with Crippen molar-refractivity contribution >= 4 is 12.6 Å². The summed E-state index contributed by atoms with van der Waals surface area (Å²) in [5, 5.41) is 17.8. The molecule has 0 radical (unpaired) electrons. The lowest BCUT2D eigenvalue weighted by atomic mass is 9.80. The van der Waals surface area contributed by atoms with E-state index in [0.29, 0.717) is 11.3 Å². The average Bonchev–Trinajstić information content (AvgIpc) is 2.30. The largest absolute Gasteiger partial charge is 0.488 e. The van der Waals surface area contributed by atoms with Gasteiger partial charge in [0.25, 0.3) is 0 Å². The molecule has 0 unspecified atom stereocenters. The van der Waals surface area contributed by atoms with Crippen LogP contribution < -0.4 is 5.46 Å². The second-order valence-electron chi connectivity index (χ2n) is 2.96. The summed E-state index contributed by atoms with van der Waals surface area (Å²) in [6, 6.07) is 6.68. The van der Waals surface area contributed by atoms with E-state index in [9.17, 15) is 0 Å². The van der Waals surface area contributed by atoms with E-state index in [-0.39, 0.29) is 0 Å². The summed E-state index contributed by atoms with van der Waals surface area (Å²) in [6.07, 6.45) is 2.83. The van der Waals surface area contributed by atoms with Crippen LogP contribution in [0.3, 0.4) is 0 Å². The summed E-state index contributed by atoms with van der Waals surface area (Å²) in [5.41, 5.74) is 1.25. The molecule has 0 aliphatic rings. The third-order valence-corrected chi connectivity index (χ3v) is 1.96. The monoisotopic (exact) mass is 201 g/mol. The average molecular weight is 201 g/mol. The molecular weight excluding hydrogens is 193 g/mol. The molecule has 0 bridgehead atoms. The third kappa shape index (κ3) is 2.17. The SMILES string of the molecule is OB(O)c1ccc(-c2ncncn2)cc1. The Bertz CT molecular complexity index is 433. The van der Waals surface area contributed by atoms with Gasteiger partial charge in [0.05, 0.1) is 0 Å². The molecule has 0 spiro atoms. The Morgan fingerprint density at radius 1 is 0.933 bits per heavy atom. The highest BCUT2D eigenvalue weighted by Gasteiger charge is 2.10. The molecule has 2 N–H and O–H groups in total. The second-order valence-corrected chi connectivity index (χ2v) is 2.96. The minimum atomic E-state index is -1.45. The van der Waals surface area contributed by atoms with Gasteiger partial charge in [0, 0.05) is 5.56 Å². The van der Waals surface area contributed by atoms with Gasteiger partial charge in [-0.15, -0.1) is 0 Å². The standard InChI is InChI=1S/C9H8BN3O2/c14-10(15)8-3-1-7(2-4-8)9-12-5-11-6-13-9/h1-6,14-15H. The van der Waals surface area contributed by atoms with E-state index in [0.717, 1.165) is 5.56 Å². The Kier molecular flexibility index (Phi) is 2.71. The van der Waals surface area contributed by atoms with Crippen LogP contribution >= 0.6 is 0 Å². The number of hydrogen-bond acceptors (Lipinski definition) is 5. The Morgan fingerprint density at radius 3 is 2.07 bits per heavy atom. The highest BCUT2D eigenvalue weighted by molar-refractivity contribution is 6.58. The first-order valence-electron chi connectivity index (χ1n) is 4.36. The Labute approximate surface area is 86.6 Å². The molecule has 15 heavy (non-hydrogen) atoms. The summed E-state index contributed by atoms with van der Waals surface area (Å²) in [6.45, 7) is 0. The van der Waals surface area contributed by atoms with E-state index >= 15 is 0 Å². The Morgan fingerprint density at radius 2 is 1.53 bits per heavy atom. The topological polar surface area (TPSA) is 79.1 Å². The molecule has 2 aromatic rings. The van der Waals surface area contributed by atoms with Gasteiger partial charge >= 0.3 is 7.12 Å². The quantitative estimate of drug-likeness (QED) is 0.623. The van der Waals surface area contributed by atoms with Gasteiger partial charge in [-0.3, -0.25) is 0 Å². The maximum Gasteiger partial charge on any atom is 0.488 e. The van der Waals surface area contributed by atoms with Crippen molar-refractivity contribution in [1.82, 2.24) is 15.0 Å². The summed E-state index contributed by atoms with van der Waals surface area (Å²) < 4.78 is 0. The van der Waals surface area contributed by atoms with Crippen LogP contribution in [-0.2, 0) is 0 Å². The molecule has 1 aromatic heterocycles. The lowest BCUT2D eigenvalue weighted by Gasteiger charge is -2.01. The van der Waals surface area contributed by atoms with Gasteiger partial charge in [0.2, 0.25) is 0 Å². The molecule has 6 heteroatoms. The molecule has 0 aliphatic heterocycles. The van der Waals surface area contributed by atoms with Gasteiger partial charge in [0.1, 0.15) is 12.7 Å². The van der Waals surface area contributed by atoms with Crippen molar-refractivity contribution in [2.45, 2.75) is 0 Å². The molecule has 0 saturated heterocycles. The van der Waals surface area contributed by atoms with Crippen molar-refractivity contribution in [2.75, 3.05) is 0 Å². The smallest absolute Gasteiger partial charge is 0.423 e. The summed E-state index contributed by atoms with van der Waals surface area (Å²) >= 11 is 0. The zero-order valence-electron chi connectivity index (χ0n) is 7.78. The van der Waals surface area contributed by atoms with Gasteiger partial charge in [-0.2, -0.15) is 0 Å². The van der Waals surface area contributed by atoms with Crippen molar-refractivity contribution in [3.8, 4) is 11.4 Å². The van der Waals surface area contributed by atoms with Crippen molar-refractivity contribution in [3.05, 3.63) is 36.9 Å². The maximum absolute atomic E-state index is 8.90. The van der Waals surface area contributed by atoms with E-state index in [1.165, 1.54) is 12.7 Å². The lowest BCUT2D eigenvalue weighted by molar-refractivity contribution is 0.426. The molecule has 0 aliphatic carbocycles. The van der Waals surface area contributed by atoms with Gasteiger partial charge in [-0.05, 0) is 5.46 Å². The minimum Gasteiger partial charge on any atom is -0.423 e. The van der Waals surface area contributed by atoms with E-state index in [1.807, 2.05) is 0 Å². The highest BCUT2D eigenvalue weighted by Crippen LogP contribution is 2.10. The normalized spacial score (nSPS) is 10.0. The molecular formula is C9H8BN3O2. The first-order chi connectivity index (χ1) is 7.27. The van der Waals surface area contributed by atoms with Gasteiger partial charge < -0.3 is 10.0 Å². The van der Waals surface area contributed by atoms with E-state index in [1.54, 1.807) is 24.3 Å². The number of benzene rings is 1. The molecule has 1 heterocycles. The molecule has 74 valence electrons. The van der Waals surface area contributed by atoms with Crippen molar-refractivity contribution in [1.29, 1.82) is 0 Å². The summed E-state index contributed by atoms with van der Waals surface area (Å²) in [7, 11) is -1.45. The molecule has 0 amide bonds. The van der Waals surface area contributed by atoms with Crippen LogP contribution in [0, 0.1) is 0 Å². The van der Waals surface area contributed by atoms with Crippen molar-refractivity contribution in [3.63, 3.8) is 0 Å². The molecule has 0 fully saturated rings. The van der Waals surface area contributed by atoms with Crippen molar-refractivity contribution in [2.24, 2.45) is 0 Å². The molecule has 0 saturated carbocycles.